The Kier molecular flexibility index (Phi) is 4.88. The molecule has 0 atom stereocenters. The number of hydrogen-bond donors (Lipinski definition) is 0. The van der Waals surface area contributed by atoms with E-state index >= 15 is 0 Å². The van der Waals surface area contributed by atoms with Crippen molar-refractivity contribution in [3.05, 3.63) is 84.1 Å². The van der Waals surface area contributed by atoms with Gasteiger partial charge in [-0.1, -0.05) is 61.9 Å². The van der Waals surface area contributed by atoms with Crippen molar-refractivity contribution in [2.24, 2.45) is 0 Å². The Morgan fingerprint density at radius 2 is 1.59 bits per heavy atom. The van der Waals surface area contributed by atoms with Crippen LogP contribution in [0.1, 0.15) is 31.0 Å². The fraction of sp³-hybridized carbons (Fsp3) is 0.174. The van der Waals surface area contributed by atoms with Crippen molar-refractivity contribution in [2.45, 2.75) is 31.6 Å². The van der Waals surface area contributed by atoms with E-state index < -0.39 is 10.1 Å². The van der Waals surface area contributed by atoms with Crippen LogP contribution in [0.15, 0.2) is 77.7 Å². The van der Waals surface area contributed by atoms with E-state index in [0.717, 1.165) is 27.7 Å². The Morgan fingerprint density at radius 3 is 2.28 bits per heavy atom. The minimum Gasteiger partial charge on any atom is -0.358 e. The van der Waals surface area contributed by atoms with Gasteiger partial charge in [-0.15, -0.1) is 0 Å². The van der Waals surface area contributed by atoms with Crippen LogP contribution < -0.4 is 4.18 Å². The molecule has 0 saturated carbocycles. The van der Waals surface area contributed by atoms with Crippen LogP contribution >= 0.6 is 0 Å². The largest absolute Gasteiger partial charge is 0.358 e. The first-order chi connectivity index (χ1) is 13.8. The third-order valence-corrected chi connectivity index (χ3v) is 5.99. The molecule has 0 saturated heterocycles. The summed E-state index contributed by atoms with van der Waals surface area (Å²) >= 11 is 0. The van der Waals surface area contributed by atoms with Gasteiger partial charge in [-0.3, -0.25) is 0 Å². The lowest BCUT2D eigenvalue weighted by molar-refractivity contribution is 0.465. The third kappa shape index (κ3) is 3.89. The molecule has 5 nitrogen and oxygen atoms in total. The Balaban J connectivity index is 1.76. The van der Waals surface area contributed by atoms with Crippen LogP contribution in [0.4, 0.5) is 0 Å². The number of nitrogens with zero attached hydrogens (tertiary/aromatic N) is 2. The molecule has 0 N–H and O–H groups in total. The van der Waals surface area contributed by atoms with E-state index in [2.05, 4.69) is 5.10 Å². The maximum atomic E-state index is 13.0. The van der Waals surface area contributed by atoms with Gasteiger partial charge in [0.15, 0.2) is 0 Å². The summed E-state index contributed by atoms with van der Waals surface area (Å²) in [4.78, 5) is 0.110. The van der Waals surface area contributed by atoms with Crippen molar-refractivity contribution in [1.82, 2.24) is 9.78 Å². The lowest BCUT2D eigenvalue weighted by Gasteiger charge is -2.10. The zero-order valence-electron chi connectivity index (χ0n) is 16.5. The summed E-state index contributed by atoms with van der Waals surface area (Å²) in [7, 11) is -4.02. The van der Waals surface area contributed by atoms with E-state index in [-0.39, 0.29) is 16.7 Å². The Morgan fingerprint density at radius 1 is 0.897 bits per heavy atom. The molecule has 1 aromatic heterocycles. The lowest BCUT2D eigenvalue weighted by atomic mass is 10.1. The van der Waals surface area contributed by atoms with E-state index in [0.29, 0.717) is 0 Å². The fourth-order valence-corrected chi connectivity index (χ4v) is 4.02. The predicted octanol–water partition coefficient (Wildman–Crippen LogP) is 5.23. The van der Waals surface area contributed by atoms with Crippen LogP contribution in [0.3, 0.4) is 0 Å². The molecule has 29 heavy (non-hydrogen) atoms. The standard InChI is InChI=1S/C23H22N2O3S/c1-16(2)22-15-23(25(24-22)20-11-8-17(3)9-12-20)28-29(26,27)21-13-10-18-6-4-5-7-19(18)14-21/h4-16H,1-3H3. The van der Waals surface area contributed by atoms with Crippen molar-refractivity contribution < 1.29 is 12.6 Å². The summed E-state index contributed by atoms with van der Waals surface area (Å²) in [6, 6.07) is 21.9. The molecular formula is C23H22N2O3S. The first kappa shape index (κ1) is 19.2. The fourth-order valence-electron chi connectivity index (χ4n) is 3.08. The summed E-state index contributed by atoms with van der Waals surface area (Å²) in [5.74, 6) is 0.304. The second-order valence-electron chi connectivity index (χ2n) is 7.36. The van der Waals surface area contributed by atoms with Gasteiger partial charge in [0.05, 0.1) is 11.4 Å². The molecule has 0 aliphatic rings. The molecule has 3 aromatic carbocycles. The molecule has 0 bridgehead atoms. The maximum Gasteiger partial charge on any atom is 0.340 e. The molecule has 6 heteroatoms. The molecule has 0 spiro atoms. The third-order valence-electron chi connectivity index (χ3n) is 4.77. The molecule has 4 rings (SSSR count). The molecule has 0 unspecified atom stereocenters. The summed E-state index contributed by atoms with van der Waals surface area (Å²) < 4.78 is 33.1. The molecular weight excluding hydrogens is 384 g/mol. The van der Waals surface area contributed by atoms with Crippen molar-refractivity contribution in [3.63, 3.8) is 0 Å². The van der Waals surface area contributed by atoms with Crippen LogP contribution in [0, 0.1) is 6.92 Å². The van der Waals surface area contributed by atoms with E-state index in [4.69, 9.17) is 4.18 Å². The van der Waals surface area contributed by atoms with Gasteiger partial charge in [-0.2, -0.15) is 18.2 Å². The average molecular weight is 407 g/mol. The van der Waals surface area contributed by atoms with Crippen LogP contribution in [0.25, 0.3) is 16.5 Å². The smallest absolute Gasteiger partial charge is 0.340 e. The van der Waals surface area contributed by atoms with Crippen molar-refractivity contribution in [3.8, 4) is 11.6 Å². The second kappa shape index (κ2) is 7.37. The van der Waals surface area contributed by atoms with E-state index in [9.17, 15) is 8.42 Å². The predicted molar refractivity (Wildman–Crippen MR) is 114 cm³/mol. The minimum atomic E-state index is -4.02. The maximum absolute atomic E-state index is 13.0. The van der Waals surface area contributed by atoms with Crippen LogP contribution in [-0.4, -0.2) is 18.2 Å². The number of aromatic nitrogens is 2. The van der Waals surface area contributed by atoms with Gasteiger partial charge in [0, 0.05) is 6.07 Å². The van der Waals surface area contributed by atoms with Gasteiger partial charge < -0.3 is 4.18 Å². The van der Waals surface area contributed by atoms with Gasteiger partial charge in [0.2, 0.25) is 5.88 Å². The van der Waals surface area contributed by atoms with E-state index in [1.54, 1.807) is 24.3 Å². The molecule has 1 heterocycles. The first-order valence-corrected chi connectivity index (χ1v) is 10.8. The minimum absolute atomic E-state index is 0.110. The average Bonchev–Trinajstić information content (AvgIpc) is 3.11. The Bertz CT molecular complexity index is 1270. The summed E-state index contributed by atoms with van der Waals surface area (Å²) in [5, 5.41) is 6.38. The number of benzene rings is 3. The number of hydrogen-bond acceptors (Lipinski definition) is 4. The van der Waals surface area contributed by atoms with Crippen molar-refractivity contribution in [1.29, 1.82) is 0 Å². The highest BCUT2D eigenvalue weighted by Gasteiger charge is 2.22. The SMILES string of the molecule is Cc1ccc(-n2nc(C(C)C)cc2OS(=O)(=O)c2ccc3ccccc3c2)cc1. The Hall–Kier alpha value is -3.12. The molecule has 0 radical (unpaired) electrons. The van der Waals surface area contributed by atoms with Crippen LogP contribution in [0.5, 0.6) is 5.88 Å². The highest BCUT2D eigenvalue weighted by Crippen LogP contribution is 2.28. The topological polar surface area (TPSA) is 61.2 Å². The normalized spacial score (nSPS) is 11.9. The number of rotatable bonds is 5. The van der Waals surface area contributed by atoms with Gasteiger partial charge in [0.25, 0.3) is 0 Å². The highest BCUT2D eigenvalue weighted by molar-refractivity contribution is 7.87. The zero-order chi connectivity index (χ0) is 20.6. The summed E-state index contributed by atoms with van der Waals surface area (Å²) in [6.07, 6.45) is 0. The van der Waals surface area contributed by atoms with Crippen LogP contribution in [-0.2, 0) is 10.1 Å². The molecule has 148 valence electrons. The molecule has 4 aromatic rings. The summed E-state index contributed by atoms with van der Waals surface area (Å²) in [5.41, 5.74) is 2.61. The highest BCUT2D eigenvalue weighted by atomic mass is 32.2. The number of aryl methyl sites for hydroxylation is 1. The quantitative estimate of drug-likeness (QED) is 0.426. The van der Waals surface area contributed by atoms with E-state index in [1.165, 1.54) is 4.68 Å². The Labute approximate surface area is 170 Å². The number of fused-ring (bicyclic) bond motifs is 1. The van der Waals surface area contributed by atoms with Crippen LogP contribution in [0.2, 0.25) is 0 Å². The first-order valence-electron chi connectivity index (χ1n) is 9.44. The van der Waals surface area contributed by atoms with Gasteiger partial charge in [0.1, 0.15) is 4.90 Å². The molecule has 0 aliphatic heterocycles. The molecule has 0 amide bonds. The zero-order valence-corrected chi connectivity index (χ0v) is 17.3. The lowest BCUT2D eigenvalue weighted by Crippen LogP contribution is -2.12. The van der Waals surface area contributed by atoms with E-state index in [1.807, 2.05) is 69.3 Å². The second-order valence-corrected chi connectivity index (χ2v) is 8.90. The van der Waals surface area contributed by atoms with Gasteiger partial charge in [-0.25, -0.2) is 0 Å². The van der Waals surface area contributed by atoms with Gasteiger partial charge >= 0.3 is 10.1 Å². The van der Waals surface area contributed by atoms with Gasteiger partial charge in [-0.05, 0) is 47.9 Å². The molecule has 0 aliphatic carbocycles. The molecule has 0 fully saturated rings. The van der Waals surface area contributed by atoms with Crippen molar-refractivity contribution in [2.75, 3.05) is 0 Å². The van der Waals surface area contributed by atoms with Crippen molar-refractivity contribution >= 4 is 20.9 Å². The summed E-state index contributed by atoms with van der Waals surface area (Å²) in [6.45, 7) is 6.00. The monoisotopic (exact) mass is 406 g/mol.